The summed E-state index contributed by atoms with van der Waals surface area (Å²) >= 11 is 0. The molecule has 0 radical (unpaired) electrons. The molecule has 0 aromatic rings. The van der Waals surface area contributed by atoms with Crippen molar-refractivity contribution in [2.24, 2.45) is 17.3 Å². The molecule has 0 unspecified atom stereocenters. The van der Waals surface area contributed by atoms with E-state index in [1.165, 1.54) is 11.3 Å². The molecule has 25 heavy (non-hydrogen) atoms. The van der Waals surface area contributed by atoms with Crippen LogP contribution in [-0.2, 0) is 4.79 Å². The lowest BCUT2D eigenvalue weighted by Crippen LogP contribution is -2.56. The van der Waals surface area contributed by atoms with E-state index in [1.807, 2.05) is 0 Å². The maximum Gasteiger partial charge on any atom is 0.401 e. The van der Waals surface area contributed by atoms with E-state index in [9.17, 15) is 23.1 Å². The topological polar surface area (TPSA) is 52.6 Å². The Morgan fingerprint density at radius 3 is 2.48 bits per heavy atom. The van der Waals surface area contributed by atoms with Crippen LogP contribution in [0, 0.1) is 17.3 Å². The molecule has 2 N–H and O–H groups in total. The van der Waals surface area contributed by atoms with Crippen LogP contribution in [0.3, 0.4) is 0 Å². The number of hydrogen-bond acceptors (Lipinski definition) is 3. The van der Waals surface area contributed by atoms with Gasteiger partial charge in [0, 0.05) is 25.6 Å². The molecule has 4 aliphatic carbocycles. The molecule has 0 aromatic heterocycles. The molecule has 7 heteroatoms. The Labute approximate surface area is 146 Å². The predicted octanol–water partition coefficient (Wildman–Crippen LogP) is 2.46. The number of aliphatic hydroxyl groups is 1. The predicted molar refractivity (Wildman–Crippen MR) is 85.7 cm³/mol. The number of likely N-dealkylation sites (tertiary alicyclic amines) is 1. The van der Waals surface area contributed by atoms with Gasteiger partial charge in [-0.25, -0.2) is 0 Å². The lowest BCUT2D eigenvalue weighted by Gasteiger charge is -2.60. The van der Waals surface area contributed by atoms with Gasteiger partial charge in [0.25, 0.3) is 0 Å². The van der Waals surface area contributed by atoms with Gasteiger partial charge in [-0.3, -0.25) is 9.69 Å². The molecule has 5 fully saturated rings. The summed E-state index contributed by atoms with van der Waals surface area (Å²) in [6.45, 7) is -0.257. The normalized spacial score (nSPS) is 43.6. The molecule has 4 saturated carbocycles. The Balaban J connectivity index is 1.31. The van der Waals surface area contributed by atoms with E-state index < -0.39 is 18.3 Å². The highest BCUT2D eigenvalue weighted by Crippen LogP contribution is 2.62. The molecule has 5 rings (SSSR count). The third kappa shape index (κ3) is 3.82. The maximum atomic E-state index is 12.5. The second-order valence-corrected chi connectivity index (χ2v) is 9.27. The minimum absolute atomic E-state index is 0.0515. The first kappa shape index (κ1) is 17.6. The number of carbonyl (C=O) groups excluding carboxylic acids is 1. The zero-order valence-electron chi connectivity index (χ0n) is 14.4. The number of halogens is 3. The van der Waals surface area contributed by atoms with Crippen molar-refractivity contribution in [3.63, 3.8) is 0 Å². The molecule has 142 valence electrons. The third-order valence-corrected chi connectivity index (χ3v) is 6.73. The van der Waals surface area contributed by atoms with Gasteiger partial charge in [0.15, 0.2) is 0 Å². The van der Waals surface area contributed by atoms with Crippen molar-refractivity contribution in [2.45, 2.75) is 69.2 Å². The SMILES string of the molecule is O=C(CC12C[C@H]3C[C@@H](CC(O)(C3)C1)C2)N[C@H]1CCN(CC(F)(F)F)C1. The van der Waals surface area contributed by atoms with Crippen LogP contribution in [0.25, 0.3) is 0 Å². The molecule has 5 aliphatic rings. The van der Waals surface area contributed by atoms with Crippen LogP contribution < -0.4 is 5.32 Å². The van der Waals surface area contributed by atoms with E-state index in [4.69, 9.17) is 0 Å². The number of rotatable bonds is 4. The van der Waals surface area contributed by atoms with Crippen LogP contribution >= 0.6 is 0 Å². The van der Waals surface area contributed by atoms with Gasteiger partial charge in [0.1, 0.15) is 0 Å². The molecular formula is C18H27F3N2O2. The molecule has 0 aromatic carbocycles. The fourth-order valence-corrected chi connectivity index (χ4v) is 6.58. The zero-order valence-corrected chi connectivity index (χ0v) is 14.4. The summed E-state index contributed by atoms with van der Waals surface area (Å²) in [7, 11) is 0. The third-order valence-electron chi connectivity index (χ3n) is 6.73. The molecule has 1 amide bonds. The van der Waals surface area contributed by atoms with E-state index in [-0.39, 0.29) is 23.9 Å². The van der Waals surface area contributed by atoms with Gasteiger partial charge in [-0.1, -0.05) is 0 Å². The Morgan fingerprint density at radius 2 is 1.88 bits per heavy atom. The van der Waals surface area contributed by atoms with Gasteiger partial charge >= 0.3 is 6.18 Å². The minimum atomic E-state index is -4.19. The highest BCUT2D eigenvalue weighted by molar-refractivity contribution is 5.77. The first-order chi connectivity index (χ1) is 11.6. The summed E-state index contributed by atoms with van der Waals surface area (Å²) in [4.78, 5) is 13.9. The van der Waals surface area contributed by atoms with Gasteiger partial charge in [-0.05, 0) is 62.2 Å². The summed E-state index contributed by atoms with van der Waals surface area (Å²) in [5.74, 6) is 1.02. The fourth-order valence-electron chi connectivity index (χ4n) is 6.58. The Kier molecular flexibility index (Phi) is 4.11. The standard InChI is InChI=1S/C18H27F3N2O2/c19-18(20,21)11-23-2-1-14(9-23)22-15(24)8-16-4-12-3-13(5-16)7-17(25,6-12)10-16/h12-14,25H,1-11H2,(H,22,24)/t12-,13-,14+,16?,17?/m1/s1. The van der Waals surface area contributed by atoms with Gasteiger partial charge in [0.05, 0.1) is 12.1 Å². The molecule has 0 spiro atoms. The highest BCUT2D eigenvalue weighted by atomic mass is 19.4. The molecule has 4 bridgehead atoms. The van der Waals surface area contributed by atoms with Crippen molar-refractivity contribution < 1.29 is 23.1 Å². The Bertz CT molecular complexity index is 537. The maximum absolute atomic E-state index is 12.5. The van der Waals surface area contributed by atoms with E-state index in [0.717, 1.165) is 25.7 Å². The van der Waals surface area contributed by atoms with E-state index >= 15 is 0 Å². The second kappa shape index (κ2) is 5.84. The Hall–Kier alpha value is -0.820. The zero-order chi connectivity index (χ0) is 17.9. The largest absolute Gasteiger partial charge is 0.401 e. The van der Waals surface area contributed by atoms with E-state index in [0.29, 0.717) is 37.6 Å². The molecule has 3 atom stereocenters. The summed E-state index contributed by atoms with van der Waals surface area (Å²) in [5.41, 5.74) is -0.672. The average Bonchev–Trinajstić information content (AvgIpc) is 2.79. The molecule has 4 nitrogen and oxygen atoms in total. The van der Waals surface area contributed by atoms with E-state index in [2.05, 4.69) is 5.32 Å². The van der Waals surface area contributed by atoms with Gasteiger partial charge in [-0.2, -0.15) is 13.2 Å². The summed E-state index contributed by atoms with van der Waals surface area (Å²) in [6.07, 6.45) is 2.49. The number of nitrogens with zero attached hydrogens (tertiary/aromatic N) is 1. The van der Waals surface area contributed by atoms with Gasteiger partial charge in [-0.15, -0.1) is 0 Å². The van der Waals surface area contributed by atoms with Crippen molar-refractivity contribution in [1.29, 1.82) is 0 Å². The molecule has 1 heterocycles. The summed E-state index contributed by atoms with van der Waals surface area (Å²) in [5, 5.41) is 13.7. The molecule has 1 saturated heterocycles. The van der Waals surface area contributed by atoms with Crippen LogP contribution in [-0.4, -0.2) is 53.4 Å². The number of carbonyl (C=O) groups is 1. The van der Waals surface area contributed by atoms with Gasteiger partial charge in [0.2, 0.25) is 5.91 Å². The fraction of sp³-hybridized carbons (Fsp3) is 0.944. The number of hydrogen-bond donors (Lipinski definition) is 2. The molecule has 1 aliphatic heterocycles. The smallest absolute Gasteiger partial charge is 0.390 e. The lowest BCUT2D eigenvalue weighted by atomic mass is 9.47. The summed E-state index contributed by atoms with van der Waals surface area (Å²) in [6, 6.07) is -0.188. The van der Waals surface area contributed by atoms with Crippen molar-refractivity contribution in [3.05, 3.63) is 0 Å². The van der Waals surface area contributed by atoms with Crippen molar-refractivity contribution in [2.75, 3.05) is 19.6 Å². The number of alkyl halides is 3. The van der Waals surface area contributed by atoms with Crippen molar-refractivity contribution >= 4 is 5.91 Å². The molecular weight excluding hydrogens is 333 g/mol. The van der Waals surface area contributed by atoms with E-state index in [1.54, 1.807) is 0 Å². The first-order valence-corrected chi connectivity index (χ1v) is 9.43. The number of nitrogens with one attached hydrogen (secondary N) is 1. The summed E-state index contributed by atoms with van der Waals surface area (Å²) < 4.78 is 37.4. The minimum Gasteiger partial charge on any atom is -0.390 e. The van der Waals surface area contributed by atoms with Crippen LogP contribution in [0.1, 0.15) is 51.4 Å². The Morgan fingerprint density at radius 1 is 1.20 bits per heavy atom. The number of amides is 1. The quantitative estimate of drug-likeness (QED) is 0.810. The van der Waals surface area contributed by atoms with Crippen molar-refractivity contribution in [1.82, 2.24) is 10.2 Å². The monoisotopic (exact) mass is 360 g/mol. The lowest BCUT2D eigenvalue weighted by molar-refractivity contribution is -0.169. The first-order valence-electron chi connectivity index (χ1n) is 9.43. The highest BCUT2D eigenvalue weighted by Gasteiger charge is 2.57. The van der Waals surface area contributed by atoms with Crippen LogP contribution in [0.5, 0.6) is 0 Å². The average molecular weight is 360 g/mol. The van der Waals surface area contributed by atoms with Crippen LogP contribution in [0.15, 0.2) is 0 Å². The van der Waals surface area contributed by atoms with Crippen molar-refractivity contribution in [3.8, 4) is 0 Å². The van der Waals surface area contributed by atoms with Crippen LogP contribution in [0.2, 0.25) is 0 Å². The van der Waals surface area contributed by atoms with Gasteiger partial charge < -0.3 is 10.4 Å². The van der Waals surface area contributed by atoms with Crippen LogP contribution in [0.4, 0.5) is 13.2 Å². The second-order valence-electron chi connectivity index (χ2n) is 9.27.